The van der Waals surface area contributed by atoms with Gasteiger partial charge in [-0.25, -0.2) is 4.98 Å². The topological polar surface area (TPSA) is 51.7 Å². The molecule has 1 atom stereocenters. The number of hydrogen-bond acceptors (Lipinski definition) is 4. The Bertz CT molecular complexity index is 937. The van der Waals surface area contributed by atoms with E-state index >= 15 is 0 Å². The molecule has 3 rings (SSSR count). The Labute approximate surface area is 153 Å². The first-order valence-electron chi connectivity index (χ1n) is 8.40. The molecule has 0 fully saturated rings. The third-order valence-electron chi connectivity index (χ3n) is 4.19. The van der Waals surface area contributed by atoms with Crippen LogP contribution in [0.5, 0.6) is 11.6 Å². The average Bonchev–Trinajstić information content (AvgIpc) is 2.66. The summed E-state index contributed by atoms with van der Waals surface area (Å²) < 4.78 is 11.2. The van der Waals surface area contributed by atoms with Crippen LogP contribution in [-0.4, -0.2) is 43.1 Å². The van der Waals surface area contributed by atoms with Gasteiger partial charge in [-0.3, -0.25) is 4.79 Å². The zero-order chi connectivity index (χ0) is 18.7. The molecule has 2 aromatic carbocycles. The van der Waals surface area contributed by atoms with Crippen LogP contribution < -0.4 is 9.47 Å². The molecule has 1 unspecified atom stereocenters. The van der Waals surface area contributed by atoms with Gasteiger partial charge in [0.05, 0.1) is 7.11 Å². The fraction of sp³-hybridized carbons (Fsp3) is 0.238. The standard InChI is InChI=1S/C21H22N2O3/c1-14(21(24)23(2)3)26-18-10-9-15-7-8-16(12-17(15)13-18)19-6-5-11-22-20(19)25-4/h5-14H,1-4H3. The number of nitrogens with zero attached hydrogens (tertiary/aromatic N) is 2. The second-order valence-corrected chi connectivity index (χ2v) is 6.28. The van der Waals surface area contributed by atoms with Crippen LogP contribution in [0.15, 0.2) is 54.7 Å². The monoisotopic (exact) mass is 350 g/mol. The molecule has 26 heavy (non-hydrogen) atoms. The van der Waals surface area contributed by atoms with Crippen molar-refractivity contribution in [1.29, 1.82) is 0 Å². The number of carbonyl (C=O) groups is 1. The normalized spacial score (nSPS) is 11.8. The van der Waals surface area contributed by atoms with Crippen molar-refractivity contribution in [2.24, 2.45) is 0 Å². The summed E-state index contributed by atoms with van der Waals surface area (Å²) in [4.78, 5) is 17.8. The lowest BCUT2D eigenvalue weighted by Crippen LogP contribution is -2.35. The highest BCUT2D eigenvalue weighted by atomic mass is 16.5. The molecule has 5 heteroatoms. The summed E-state index contributed by atoms with van der Waals surface area (Å²) in [5, 5.41) is 2.12. The second-order valence-electron chi connectivity index (χ2n) is 6.28. The molecule has 134 valence electrons. The lowest BCUT2D eigenvalue weighted by Gasteiger charge is -2.18. The number of fused-ring (bicyclic) bond motifs is 1. The number of pyridine rings is 1. The van der Waals surface area contributed by atoms with E-state index in [0.717, 1.165) is 21.9 Å². The summed E-state index contributed by atoms with van der Waals surface area (Å²) in [5.74, 6) is 1.18. The lowest BCUT2D eigenvalue weighted by molar-refractivity contribution is -0.135. The largest absolute Gasteiger partial charge is 0.481 e. The lowest BCUT2D eigenvalue weighted by atomic mass is 10.0. The molecule has 1 heterocycles. The summed E-state index contributed by atoms with van der Waals surface area (Å²) in [6, 6.07) is 15.8. The molecule has 0 radical (unpaired) electrons. The molecule has 0 aliphatic carbocycles. The van der Waals surface area contributed by atoms with E-state index < -0.39 is 6.10 Å². The van der Waals surface area contributed by atoms with Crippen LogP contribution in [0.1, 0.15) is 6.92 Å². The predicted molar refractivity (Wildman–Crippen MR) is 103 cm³/mol. The molecule has 5 nitrogen and oxygen atoms in total. The number of ether oxygens (including phenoxy) is 2. The van der Waals surface area contributed by atoms with Crippen LogP contribution in [0.2, 0.25) is 0 Å². The summed E-state index contributed by atoms with van der Waals surface area (Å²) in [6.07, 6.45) is 1.17. The fourth-order valence-electron chi connectivity index (χ4n) is 2.86. The fourth-order valence-corrected chi connectivity index (χ4v) is 2.86. The Morgan fingerprint density at radius 3 is 2.58 bits per heavy atom. The van der Waals surface area contributed by atoms with E-state index in [9.17, 15) is 4.79 Å². The van der Waals surface area contributed by atoms with Gasteiger partial charge in [-0.1, -0.05) is 18.2 Å². The zero-order valence-electron chi connectivity index (χ0n) is 15.4. The number of methoxy groups -OCH3 is 1. The van der Waals surface area contributed by atoms with Gasteiger partial charge < -0.3 is 14.4 Å². The number of aromatic nitrogens is 1. The van der Waals surface area contributed by atoms with E-state index in [4.69, 9.17) is 9.47 Å². The Balaban J connectivity index is 1.95. The van der Waals surface area contributed by atoms with Crippen molar-refractivity contribution in [2.75, 3.05) is 21.2 Å². The molecule has 0 N–H and O–H groups in total. The van der Waals surface area contributed by atoms with Gasteiger partial charge in [0.15, 0.2) is 6.10 Å². The average molecular weight is 350 g/mol. The van der Waals surface area contributed by atoms with Gasteiger partial charge in [-0.15, -0.1) is 0 Å². The SMILES string of the molecule is COc1ncccc1-c1ccc2ccc(OC(C)C(=O)N(C)C)cc2c1. The number of benzene rings is 2. The minimum atomic E-state index is -0.538. The van der Waals surface area contributed by atoms with Gasteiger partial charge >= 0.3 is 0 Å². The number of carbonyl (C=O) groups excluding carboxylic acids is 1. The van der Waals surface area contributed by atoms with Gasteiger partial charge in [0, 0.05) is 25.9 Å². The third kappa shape index (κ3) is 3.61. The molecule has 0 aliphatic heterocycles. The predicted octanol–water partition coefficient (Wildman–Crippen LogP) is 3.77. The van der Waals surface area contributed by atoms with E-state index in [1.165, 1.54) is 4.90 Å². The number of hydrogen-bond donors (Lipinski definition) is 0. The molecule has 0 aliphatic rings. The maximum Gasteiger partial charge on any atom is 0.262 e. The highest BCUT2D eigenvalue weighted by molar-refractivity contribution is 5.89. The van der Waals surface area contributed by atoms with E-state index in [1.807, 2.05) is 36.4 Å². The molecule has 3 aromatic rings. The van der Waals surface area contributed by atoms with Crippen LogP contribution >= 0.6 is 0 Å². The highest BCUT2D eigenvalue weighted by Gasteiger charge is 2.16. The smallest absolute Gasteiger partial charge is 0.262 e. The highest BCUT2D eigenvalue weighted by Crippen LogP contribution is 2.31. The third-order valence-corrected chi connectivity index (χ3v) is 4.19. The summed E-state index contributed by atoms with van der Waals surface area (Å²) in [6.45, 7) is 1.75. The van der Waals surface area contributed by atoms with Crippen molar-refractivity contribution >= 4 is 16.7 Å². The van der Waals surface area contributed by atoms with Crippen molar-refractivity contribution in [1.82, 2.24) is 9.88 Å². The van der Waals surface area contributed by atoms with Crippen molar-refractivity contribution in [3.05, 3.63) is 54.7 Å². The van der Waals surface area contributed by atoms with Crippen molar-refractivity contribution in [2.45, 2.75) is 13.0 Å². The van der Waals surface area contributed by atoms with Gasteiger partial charge in [-0.05, 0) is 53.6 Å². The van der Waals surface area contributed by atoms with Crippen molar-refractivity contribution in [3.63, 3.8) is 0 Å². The quantitative estimate of drug-likeness (QED) is 0.703. The summed E-state index contributed by atoms with van der Waals surface area (Å²) in [7, 11) is 5.05. The summed E-state index contributed by atoms with van der Waals surface area (Å²) >= 11 is 0. The molecular formula is C21H22N2O3. The van der Waals surface area contributed by atoms with E-state index in [-0.39, 0.29) is 5.91 Å². The van der Waals surface area contributed by atoms with Crippen LogP contribution in [0.3, 0.4) is 0 Å². The van der Waals surface area contributed by atoms with Gasteiger partial charge in [-0.2, -0.15) is 0 Å². The number of amides is 1. The summed E-state index contributed by atoms with van der Waals surface area (Å²) in [5.41, 5.74) is 1.94. The van der Waals surface area contributed by atoms with Crippen LogP contribution in [0.4, 0.5) is 0 Å². The number of likely N-dealkylation sites (N-methyl/N-ethyl adjacent to an activating group) is 1. The second kappa shape index (κ2) is 7.44. The van der Waals surface area contributed by atoms with Crippen LogP contribution in [0.25, 0.3) is 21.9 Å². The first-order valence-corrected chi connectivity index (χ1v) is 8.40. The molecule has 1 amide bonds. The zero-order valence-corrected chi connectivity index (χ0v) is 15.4. The Kier molecular flexibility index (Phi) is 5.07. The Morgan fingerprint density at radius 1 is 1.08 bits per heavy atom. The van der Waals surface area contributed by atoms with Crippen molar-refractivity contribution < 1.29 is 14.3 Å². The van der Waals surface area contributed by atoms with Gasteiger partial charge in [0.25, 0.3) is 5.91 Å². The van der Waals surface area contributed by atoms with Crippen LogP contribution in [0, 0.1) is 0 Å². The maximum absolute atomic E-state index is 12.0. The molecule has 0 bridgehead atoms. The Hall–Kier alpha value is -3.08. The van der Waals surface area contributed by atoms with E-state index in [2.05, 4.69) is 17.1 Å². The van der Waals surface area contributed by atoms with Gasteiger partial charge in [0.2, 0.25) is 5.88 Å². The van der Waals surface area contributed by atoms with Gasteiger partial charge in [0.1, 0.15) is 5.75 Å². The van der Waals surface area contributed by atoms with Crippen LogP contribution in [-0.2, 0) is 4.79 Å². The first-order chi connectivity index (χ1) is 12.5. The van der Waals surface area contributed by atoms with E-state index in [0.29, 0.717) is 11.6 Å². The molecule has 0 spiro atoms. The molecule has 1 aromatic heterocycles. The molecular weight excluding hydrogens is 328 g/mol. The number of rotatable bonds is 5. The first kappa shape index (κ1) is 17.7. The van der Waals surface area contributed by atoms with E-state index in [1.54, 1.807) is 34.3 Å². The minimum absolute atomic E-state index is 0.0704. The maximum atomic E-state index is 12.0. The minimum Gasteiger partial charge on any atom is -0.481 e. The van der Waals surface area contributed by atoms with Crippen molar-refractivity contribution in [3.8, 4) is 22.8 Å². The Morgan fingerprint density at radius 2 is 1.85 bits per heavy atom. The molecule has 0 saturated carbocycles. The molecule has 0 saturated heterocycles.